The summed E-state index contributed by atoms with van der Waals surface area (Å²) in [6.07, 6.45) is 0.624. The fourth-order valence-corrected chi connectivity index (χ4v) is 2.03. The highest BCUT2D eigenvalue weighted by atomic mass is 32.2. The number of hydrogen-bond donors (Lipinski definition) is 1. The van der Waals surface area contributed by atoms with E-state index in [1.807, 2.05) is 30.3 Å². The van der Waals surface area contributed by atoms with E-state index in [4.69, 9.17) is 4.55 Å². The Balaban J connectivity index is 2.01. The quantitative estimate of drug-likeness (QED) is 0.798. The van der Waals surface area contributed by atoms with Crippen LogP contribution in [0.4, 0.5) is 0 Å². The average molecular weight is 252 g/mol. The van der Waals surface area contributed by atoms with Crippen molar-refractivity contribution in [2.45, 2.75) is 12.8 Å². The molecule has 1 aromatic rings. The Morgan fingerprint density at radius 2 is 2.12 bits per heavy atom. The first-order chi connectivity index (χ1) is 8.16. The van der Waals surface area contributed by atoms with E-state index in [-0.39, 0.29) is 17.4 Å². The lowest BCUT2D eigenvalue weighted by Gasteiger charge is -2.10. The van der Waals surface area contributed by atoms with E-state index >= 15 is 0 Å². The van der Waals surface area contributed by atoms with Crippen molar-refractivity contribution in [1.29, 1.82) is 0 Å². The van der Waals surface area contributed by atoms with Crippen LogP contribution in [-0.2, 0) is 22.3 Å². The lowest BCUT2D eigenvalue weighted by Crippen LogP contribution is -2.25. The van der Waals surface area contributed by atoms with E-state index < -0.39 is 11.1 Å². The largest absolute Gasteiger partial charge is 0.301 e. The second kappa shape index (κ2) is 5.20. The third-order valence-corrected chi connectivity index (χ3v) is 3.15. The van der Waals surface area contributed by atoms with E-state index in [1.54, 1.807) is 0 Å². The molecule has 1 aliphatic rings. The van der Waals surface area contributed by atoms with E-state index in [0.717, 1.165) is 5.56 Å². The number of carbonyl (C=O) groups is 1. The van der Waals surface area contributed by atoms with Crippen LogP contribution in [-0.4, -0.2) is 31.3 Å². The highest BCUT2D eigenvalue weighted by Crippen LogP contribution is 2.11. The van der Waals surface area contributed by atoms with Gasteiger partial charge in [0.15, 0.2) is 5.04 Å². The van der Waals surface area contributed by atoms with Gasteiger partial charge < -0.3 is 4.55 Å². The Labute approximate surface area is 101 Å². The molecule has 17 heavy (non-hydrogen) atoms. The standard InChI is InChI=1S/C11H12N2O3S/c14-11(8-9-4-2-1-3-5-9)13-7-6-10(12-13)17(15)16/h1-5H,6-8H2,(H,15,16). The monoisotopic (exact) mass is 252 g/mol. The van der Waals surface area contributed by atoms with Gasteiger partial charge in [-0.3, -0.25) is 4.79 Å². The van der Waals surface area contributed by atoms with Gasteiger partial charge in [0.1, 0.15) is 0 Å². The fourth-order valence-electron chi connectivity index (χ4n) is 1.60. The first-order valence-corrected chi connectivity index (χ1v) is 6.30. The normalized spacial score (nSPS) is 16.8. The van der Waals surface area contributed by atoms with Crippen LogP contribution >= 0.6 is 0 Å². The topological polar surface area (TPSA) is 70.0 Å². The van der Waals surface area contributed by atoms with Crippen molar-refractivity contribution in [1.82, 2.24) is 5.01 Å². The number of hydrogen-bond acceptors (Lipinski definition) is 3. The van der Waals surface area contributed by atoms with Crippen molar-refractivity contribution >= 4 is 22.0 Å². The maximum Gasteiger partial charge on any atom is 0.247 e. The summed E-state index contributed by atoms with van der Waals surface area (Å²) < 4.78 is 19.6. The summed E-state index contributed by atoms with van der Waals surface area (Å²) in [6, 6.07) is 9.34. The fraction of sp³-hybridized carbons (Fsp3) is 0.273. The molecular formula is C11H12N2O3S. The van der Waals surface area contributed by atoms with Gasteiger partial charge in [0.05, 0.1) is 13.0 Å². The van der Waals surface area contributed by atoms with E-state index in [1.165, 1.54) is 5.01 Å². The predicted octanol–water partition coefficient (Wildman–Crippen LogP) is 0.997. The first kappa shape index (κ1) is 11.9. The molecule has 90 valence electrons. The van der Waals surface area contributed by atoms with Gasteiger partial charge in [0.25, 0.3) is 0 Å². The van der Waals surface area contributed by atoms with Gasteiger partial charge in [-0.05, 0) is 5.56 Å². The molecular weight excluding hydrogens is 240 g/mol. The Morgan fingerprint density at radius 3 is 2.71 bits per heavy atom. The van der Waals surface area contributed by atoms with Crippen LogP contribution in [0.15, 0.2) is 35.4 Å². The van der Waals surface area contributed by atoms with Crippen LogP contribution in [0, 0.1) is 0 Å². The van der Waals surface area contributed by atoms with Crippen LogP contribution in [0.25, 0.3) is 0 Å². The smallest absolute Gasteiger partial charge is 0.247 e. The molecule has 0 bridgehead atoms. The number of carbonyl (C=O) groups excluding carboxylic acids is 1. The molecule has 0 fully saturated rings. The van der Waals surface area contributed by atoms with Gasteiger partial charge in [0.2, 0.25) is 17.0 Å². The molecule has 1 atom stereocenters. The lowest BCUT2D eigenvalue weighted by molar-refractivity contribution is -0.130. The molecule has 2 rings (SSSR count). The number of nitrogens with zero attached hydrogens (tertiary/aromatic N) is 2. The minimum absolute atomic E-state index is 0.156. The molecule has 1 amide bonds. The first-order valence-electron chi connectivity index (χ1n) is 5.19. The van der Waals surface area contributed by atoms with Gasteiger partial charge in [0, 0.05) is 6.42 Å². The summed E-state index contributed by atoms with van der Waals surface area (Å²) in [6.45, 7) is 0.382. The average Bonchev–Trinajstić information content (AvgIpc) is 2.79. The summed E-state index contributed by atoms with van der Waals surface area (Å²) in [5, 5.41) is 5.25. The molecule has 1 aromatic carbocycles. The molecule has 1 aliphatic heterocycles. The Kier molecular flexibility index (Phi) is 3.65. The van der Waals surface area contributed by atoms with E-state index in [0.29, 0.717) is 13.0 Å². The summed E-state index contributed by atoms with van der Waals surface area (Å²) in [7, 11) is 0. The number of rotatable bonds is 2. The molecule has 0 aromatic heterocycles. The maximum atomic E-state index is 11.8. The molecule has 1 heterocycles. The van der Waals surface area contributed by atoms with Crippen LogP contribution in [0.1, 0.15) is 12.0 Å². The Hall–Kier alpha value is -1.53. The molecule has 0 radical (unpaired) electrons. The molecule has 0 spiro atoms. The van der Waals surface area contributed by atoms with Crippen molar-refractivity contribution in [3.63, 3.8) is 0 Å². The van der Waals surface area contributed by atoms with E-state index in [2.05, 4.69) is 5.10 Å². The van der Waals surface area contributed by atoms with Gasteiger partial charge in [-0.15, -0.1) is 0 Å². The Bertz CT molecular complexity index is 473. The second-order valence-electron chi connectivity index (χ2n) is 3.67. The molecule has 0 saturated carbocycles. The summed E-state index contributed by atoms with van der Waals surface area (Å²) >= 11 is -2.07. The minimum Gasteiger partial charge on any atom is -0.301 e. The van der Waals surface area contributed by atoms with Gasteiger partial charge >= 0.3 is 0 Å². The zero-order chi connectivity index (χ0) is 12.3. The number of hydrazone groups is 1. The molecule has 5 nitrogen and oxygen atoms in total. The highest BCUT2D eigenvalue weighted by molar-refractivity contribution is 7.95. The van der Waals surface area contributed by atoms with Crippen LogP contribution < -0.4 is 0 Å². The molecule has 1 N–H and O–H groups in total. The van der Waals surface area contributed by atoms with Crippen molar-refractivity contribution in [2.24, 2.45) is 5.10 Å². The van der Waals surface area contributed by atoms with Crippen molar-refractivity contribution < 1.29 is 13.6 Å². The third kappa shape index (κ3) is 2.98. The number of benzene rings is 1. The van der Waals surface area contributed by atoms with Gasteiger partial charge in [-0.2, -0.15) is 5.10 Å². The summed E-state index contributed by atoms with van der Waals surface area (Å²) in [5.41, 5.74) is 0.909. The number of amides is 1. The maximum absolute atomic E-state index is 11.8. The van der Waals surface area contributed by atoms with Crippen LogP contribution in [0.5, 0.6) is 0 Å². The minimum atomic E-state index is -2.07. The predicted molar refractivity (Wildman–Crippen MR) is 64.7 cm³/mol. The highest BCUT2D eigenvalue weighted by Gasteiger charge is 2.23. The zero-order valence-electron chi connectivity index (χ0n) is 9.07. The van der Waals surface area contributed by atoms with Crippen molar-refractivity contribution in [3.8, 4) is 0 Å². The SMILES string of the molecule is O=C(Cc1ccccc1)N1CCC(S(=O)O)=N1. The summed E-state index contributed by atoms with van der Waals surface area (Å²) in [5.74, 6) is -0.156. The van der Waals surface area contributed by atoms with Gasteiger partial charge in [-0.1, -0.05) is 30.3 Å². The summed E-state index contributed by atoms with van der Waals surface area (Å²) in [4.78, 5) is 11.8. The molecule has 0 aliphatic carbocycles. The zero-order valence-corrected chi connectivity index (χ0v) is 9.89. The van der Waals surface area contributed by atoms with Crippen LogP contribution in [0.3, 0.4) is 0 Å². The molecule has 1 unspecified atom stereocenters. The van der Waals surface area contributed by atoms with Crippen LogP contribution in [0.2, 0.25) is 0 Å². The molecule has 0 saturated heterocycles. The van der Waals surface area contributed by atoms with E-state index in [9.17, 15) is 9.00 Å². The third-order valence-electron chi connectivity index (χ3n) is 2.46. The lowest BCUT2D eigenvalue weighted by atomic mass is 10.1. The second-order valence-corrected chi connectivity index (χ2v) is 4.64. The van der Waals surface area contributed by atoms with Crippen molar-refractivity contribution in [2.75, 3.05) is 6.54 Å². The van der Waals surface area contributed by atoms with Gasteiger partial charge in [-0.25, -0.2) is 9.22 Å². The molecule has 6 heteroatoms. The van der Waals surface area contributed by atoms with Crippen molar-refractivity contribution in [3.05, 3.63) is 35.9 Å². The Morgan fingerprint density at radius 1 is 1.41 bits per heavy atom.